The van der Waals surface area contributed by atoms with Crippen LogP contribution in [0.5, 0.6) is 0 Å². The monoisotopic (exact) mass is 550 g/mol. The molecule has 1 aromatic heterocycles. The van der Waals surface area contributed by atoms with Gasteiger partial charge in [0.2, 0.25) is 0 Å². The van der Waals surface area contributed by atoms with Crippen LogP contribution in [0, 0.1) is 10.1 Å². The van der Waals surface area contributed by atoms with Gasteiger partial charge in [0.25, 0.3) is 17.2 Å². The zero-order chi connectivity index (χ0) is 27.1. The quantitative estimate of drug-likeness (QED) is 0.0764. The van der Waals surface area contributed by atoms with Crippen molar-refractivity contribution in [1.82, 2.24) is 14.9 Å². The summed E-state index contributed by atoms with van der Waals surface area (Å²) in [6.45, 7) is 2.93. The van der Waals surface area contributed by atoms with Gasteiger partial charge in [-0.25, -0.2) is 4.98 Å². The van der Waals surface area contributed by atoms with Crippen LogP contribution in [0.15, 0.2) is 76.7 Å². The van der Waals surface area contributed by atoms with Crippen molar-refractivity contribution in [2.45, 2.75) is 50.2 Å². The fourth-order valence-corrected chi connectivity index (χ4v) is 5.19. The molecule has 1 amide bonds. The first-order valence-corrected chi connectivity index (χ1v) is 13.7. The molecule has 0 saturated heterocycles. The molecule has 1 N–H and O–H groups in total. The van der Waals surface area contributed by atoms with Crippen molar-refractivity contribution >= 4 is 45.9 Å². The average molecular weight is 551 g/mol. The summed E-state index contributed by atoms with van der Waals surface area (Å²) < 4.78 is 1.67. The van der Waals surface area contributed by atoms with Gasteiger partial charge < -0.3 is 5.32 Å². The predicted octanol–water partition coefficient (Wildman–Crippen LogP) is 6.37. The number of hydrogen-bond acceptors (Lipinski definition) is 6. The molecule has 0 aliphatic carbocycles. The number of nitrogens with zero attached hydrogens (tertiary/aromatic N) is 3. The van der Waals surface area contributed by atoms with Crippen molar-refractivity contribution in [2.75, 3.05) is 0 Å². The second-order valence-corrected chi connectivity index (χ2v) is 10.2. The highest BCUT2D eigenvalue weighted by molar-refractivity contribution is 7.98. The Hall–Kier alpha value is -3.69. The molecule has 8 nitrogen and oxygen atoms in total. The van der Waals surface area contributed by atoms with Crippen LogP contribution >= 0.6 is 23.4 Å². The average Bonchev–Trinajstić information content (AvgIpc) is 2.92. The zero-order valence-corrected chi connectivity index (χ0v) is 22.4. The molecule has 0 fully saturated rings. The Morgan fingerprint density at radius 3 is 2.63 bits per heavy atom. The first-order chi connectivity index (χ1) is 18.4. The molecule has 196 valence electrons. The van der Waals surface area contributed by atoms with E-state index >= 15 is 0 Å². The number of hydrogen-bond donors (Lipinski definition) is 1. The van der Waals surface area contributed by atoms with Crippen molar-refractivity contribution in [2.24, 2.45) is 0 Å². The van der Waals surface area contributed by atoms with Crippen molar-refractivity contribution in [3.8, 4) is 0 Å². The van der Waals surface area contributed by atoms with E-state index in [0.29, 0.717) is 45.5 Å². The molecule has 38 heavy (non-hydrogen) atoms. The van der Waals surface area contributed by atoms with Crippen LogP contribution in [0.25, 0.3) is 10.9 Å². The molecule has 0 atom stereocenters. The molecule has 0 unspecified atom stereocenters. The van der Waals surface area contributed by atoms with E-state index in [1.54, 1.807) is 41.0 Å². The Labute approximate surface area is 229 Å². The van der Waals surface area contributed by atoms with Gasteiger partial charge in [-0.3, -0.25) is 24.3 Å². The third-order valence-electron chi connectivity index (χ3n) is 6.00. The molecule has 4 rings (SSSR count). The maximum Gasteiger partial charge on any atom is 0.269 e. The fourth-order valence-electron chi connectivity index (χ4n) is 4.01. The number of rotatable bonds is 11. The first kappa shape index (κ1) is 27.3. The first-order valence-electron chi connectivity index (χ1n) is 12.3. The number of unbranched alkanes of at least 4 members (excludes halogenated alkanes) is 2. The third-order valence-corrected chi connectivity index (χ3v) is 7.28. The maximum absolute atomic E-state index is 13.4. The Morgan fingerprint density at radius 2 is 1.87 bits per heavy atom. The molecule has 0 radical (unpaired) electrons. The van der Waals surface area contributed by atoms with Gasteiger partial charge in [0.1, 0.15) is 0 Å². The Morgan fingerprint density at radius 1 is 1.08 bits per heavy atom. The van der Waals surface area contributed by atoms with E-state index in [9.17, 15) is 19.7 Å². The molecule has 1 heterocycles. The largest absolute Gasteiger partial charge is 0.348 e. The number of aromatic nitrogens is 2. The van der Waals surface area contributed by atoms with Crippen molar-refractivity contribution < 1.29 is 9.72 Å². The van der Waals surface area contributed by atoms with Gasteiger partial charge in [0.15, 0.2) is 5.16 Å². The van der Waals surface area contributed by atoms with E-state index in [1.807, 2.05) is 18.2 Å². The summed E-state index contributed by atoms with van der Waals surface area (Å²) in [5.41, 5.74) is 2.30. The maximum atomic E-state index is 13.4. The van der Waals surface area contributed by atoms with Crippen molar-refractivity contribution in [3.05, 3.63) is 109 Å². The second kappa shape index (κ2) is 12.7. The van der Waals surface area contributed by atoms with Crippen LogP contribution < -0.4 is 10.9 Å². The number of amides is 1. The van der Waals surface area contributed by atoms with E-state index in [1.165, 1.54) is 23.9 Å². The highest BCUT2D eigenvalue weighted by Gasteiger charge is 2.15. The second-order valence-electron chi connectivity index (χ2n) is 8.82. The van der Waals surface area contributed by atoms with Crippen LogP contribution in [-0.4, -0.2) is 20.4 Å². The summed E-state index contributed by atoms with van der Waals surface area (Å²) >= 11 is 7.37. The van der Waals surface area contributed by atoms with E-state index in [2.05, 4.69) is 12.2 Å². The van der Waals surface area contributed by atoms with E-state index in [-0.39, 0.29) is 17.2 Å². The smallest absolute Gasteiger partial charge is 0.269 e. The summed E-state index contributed by atoms with van der Waals surface area (Å²) in [7, 11) is 0. The van der Waals surface area contributed by atoms with E-state index < -0.39 is 4.92 Å². The summed E-state index contributed by atoms with van der Waals surface area (Å²) in [6, 6.07) is 18.6. The van der Waals surface area contributed by atoms with Crippen molar-refractivity contribution in [3.63, 3.8) is 0 Å². The number of nitro benzene ring substituents is 1. The Bertz CT molecular complexity index is 1540. The van der Waals surface area contributed by atoms with Crippen LogP contribution in [-0.2, 0) is 18.8 Å². The van der Waals surface area contributed by atoms with Gasteiger partial charge in [-0.05, 0) is 47.9 Å². The summed E-state index contributed by atoms with van der Waals surface area (Å²) in [4.78, 5) is 41.7. The lowest BCUT2D eigenvalue weighted by molar-refractivity contribution is -0.384. The van der Waals surface area contributed by atoms with E-state index in [0.717, 1.165) is 30.4 Å². The Balaban J connectivity index is 1.61. The number of halogens is 1. The number of nitrogens with one attached hydrogen (secondary N) is 1. The molecule has 0 aliphatic heterocycles. The van der Waals surface area contributed by atoms with Gasteiger partial charge >= 0.3 is 0 Å². The molecule has 0 spiro atoms. The molecular weight excluding hydrogens is 524 g/mol. The van der Waals surface area contributed by atoms with Crippen LogP contribution in [0.2, 0.25) is 5.02 Å². The van der Waals surface area contributed by atoms with E-state index in [4.69, 9.17) is 16.6 Å². The minimum atomic E-state index is -0.428. The highest BCUT2D eigenvalue weighted by atomic mass is 35.5. The summed E-state index contributed by atoms with van der Waals surface area (Å²) in [5, 5.41) is 15.6. The standard InChI is InChI=1S/C28H27ClN4O4S/c1-2-3-4-13-32-27(35)24-12-11-21(26(34)30-17-19-7-5-9-22(29)14-19)16-25(24)31-28(32)38-18-20-8-6-10-23(15-20)33(36)37/h5-12,14-16H,2-4,13,17-18H2,1H3,(H,30,34). The number of fused-ring (bicyclic) bond motifs is 1. The Kier molecular flexibility index (Phi) is 9.15. The molecule has 0 saturated carbocycles. The third kappa shape index (κ3) is 6.79. The van der Waals surface area contributed by atoms with Gasteiger partial charge in [-0.2, -0.15) is 0 Å². The number of carbonyl (C=O) groups excluding carboxylic acids is 1. The number of nitro groups is 1. The number of thioether (sulfide) groups is 1. The number of carbonyl (C=O) groups is 1. The fraction of sp³-hybridized carbons (Fsp3) is 0.250. The highest BCUT2D eigenvalue weighted by Crippen LogP contribution is 2.25. The molecule has 0 aliphatic rings. The lowest BCUT2D eigenvalue weighted by Gasteiger charge is -2.14. The molecule has 10 heteroatoms. The number of non-ortho nitro benzene ring substituents is 1. The molecule has 0 bridgehead atoms. The van der Waals surface area contributed by atoms with Gasteiger partial charge in [-0.1, -0.05) is 67.4 Å². The van der Waals surface area contributed by atoms with Gasteiger partial charge in [0, 0.05) is 41.6 Å². The minimum Gasteiger partial charge on any atom is -0.348 e. The minimum absolute atomic E-state index is 0.0170. The molecule has 4 aromatic rings. The molecular formula is C28H27ClN4O4S. The topological polar surface area (TPSA) is 107 Å². The SMILES string of the molecule is CCCCCn1c(SCc2cccc([N+](=O)[O-])c2)nc2cc(C(=O)NCc3cccc(Cl)c3)ccc2c1=O. The number of benzene rings is 3. The van der Waals surface area contributed by atoms with Crippen LogP contribution in [0.1, 0.15) is 47.7 Å². The van der Waals surface area contributed by atoms with Gasteiger partial charge in [-0.15, -0.1) is 0 Å². The normalized spacial score (nSPS) is 11.0. The van der Waals surface area contributed by atoms with Crippen molar-refractivity contribution in [1.29, 1.82) is 0 Å². The van der Waals surface area contributed by atoms with Gasteiger partial charge in [0.05, 0.1) is 15.8 Å². The summed E-state index contributed by atoms with van der Waals surface area (Å²) in [5.74, 6) is 0.124. The van der Waals surface area contributed by atoms with Crippen LogP contribution in [0.3, 0.4) is 0 Å². The lowest BCUT2D eigenvalue weighted by atomic mass is 10.1. The predicted molar refractivity (Wildman–Crippen MR) is 151 cm³/mol. The van der Waals surface area contributed by atoms with Crippen LogP contribution in [0.4, 0.5) is 5.69 Å². The molecule has 3 aromatic carbocycles. The lowest BCUT2D eigenvalue weighted by Crippen LogP contribution is -2.25. The zero-order valence-electron chi connectivity index (χ0n) is 20.9. The summed E-state index contributed by atoms with van der Waals surface area (Å²) in [6.07, 6.45) is 2.82.